The van der Waals surface area contributed by atoms with Crippen LogP contribution in [0, 0.1) is 0 Å². The average molecular weight is 275 g/mol. The monoisotopic (exact) mass is 275 g/mol. The lowest BCUT2D eigenvalue weighted by molar-refractivity contribution is -0.116. The lowest BCUT2D eigenvalue weighted by Crippen LogP contribution is -2.29. The summed E-state index contributed by atoms with van der Waals surface area (Å²) < 4.78 is 0. The van der Waals surface area contributed by atoms with Gasteiger partial charge in [-0.25, -0.2) is 0 Å². The molecule has 1 fully saturated rings. The van der Waals surface area contributed by atoms with Crippen LogP contribution in [-0.4, -0.2) is 30.4 Å². The third kappa shape index (κ3) is 4.94. The summed E-state index contributed by atoms with van der Waals surface area (Å²) in [6, 6.07) is 8.16. The minimum atomic E-state index is 0.0468. The maximum Gasteiger partial charge on any atom is 0.224 e. The number of nitrogens with zero attached hydrogens (tertiary/aromatic N) is 1. The molecule has 0 bridgehead atoms. The minimum absolute atomic E-state index is 0.0468. The third-order valence-electron chi connectivity index (χ3n) is 3.67. The quantitative estimate of drug-likeness (QED) is 0.838. The molecule has 20 heavy (non-hydrogen) atoms. The number of hydrogen-bond donors (Lipinski definition) is 2. The molecule has 0 radical (unpaired) electrons. The molecular formula is C16H25N3O. The van der Waals surface area contributed by atoms with E-state index in [-0.39, 0.29) is 5.91 Å². The maximum atomic E-state index is 11.7. The smallest absolute Gasteiger partial charge is 0.224 e. The molecule has 1 amide bonds. The van der Waals surface area contributed by atoms with E-state index in [9.17, 15) is 4.79 Å². The summed E-state index contributed by atoms with van der Waals surface area (Å²) in [5, 5.41) is 2.94. The van der Waals surface area contributed by atoms with Crippen LogP contribution in [0.25, 0.3) is 0 Å². The van der Waals surface area contributed by atoms with Gasteiger partial charge in [0.1, 0.15) is 0 Å². The van der Waals surface area contributed by atoms with Crippen molar-refractivity contribution < 1.29 is 4.79 Å². The zero-order valence-corrected chi connectivity index (χ0v) is 12.1. The molecule has 0 unspecified atom stereocenters. The normalized spacial score (nSPS) is 16.1. The van der Waals surface area contributed by atoms with Gasteiger partial charge in [-0.3, -0.25) is 9.69 Å². The zero-order valence-electron chi connectivity index (χ0n) is 12.1. The van der Waals surface area contributed by atoms with Crippen molar-refractivity contribution in [2.45, 2.75) is 38.6 Å². The van der Waals surface area contributed by atoms with Crippen molar-refractivity contribution in [3.8, 4) is 0 Å². The van der Waals surface area contributed by atoms with Crippen molar-refractivity contribution in [3.05, 3.63) is 29.8 Å². The van der Waals surface area contributed by atoms with Crippen molar-refractivity contribution in [1.82, 2.24) is 4.90 Å². The van der Waals surface area contributed by atoms with Gasteiger partial charge in [0.25, 0.3) is 0 Å². The zero-order chi connectivity index (χ0) is 14.2. The summed E-state index contributed by atoms with van der Waals surface area (Å²) in [6.07, 6.45) is 5.19. The lowest BCUT2D eigenvalue weighted by atomic mass is 10.1. The highest BCUT2D eigenvalue weighted by molar-refractivity contribution is 5.90. The first-order valence-electron chi connectivity index (χ1n) is 7.59. The second-order valence-electron chi connectivity index (χ2n) is 5.48. The van der Waals surface area contributed by atoms with Crippen LogP contribution >= 0.6 is 0 Å². The fourth-order valence-electron chi connectivity index (χ4n) is 2.61. The Hall–Kier alpha value is -1.39. The molecule has 4 heteroatoms. The Kier molecular flexibility index (Phi) is 6.02. The molecule has 110 valence electrons. The molecule has 1 aromatic carbocycles. The van der Waals surface area contributed by atoms with Crippen LogP contribution in [0.3, 0.4) is 0 Å². The number of likely N-dealkylation sites (tertiary alicyclic amines) is 1. The van der Waals surface area contributed by atoms with E-state index in [1.54, 1.807) is 0 Å². The number of hydrogen-bond acceptors (Lipinski definition) is 3. The lowest BCUT2D eigenvalue weighted by Gasteiger charge is -2.26. The molecule has 0 atom stereocenters. The number of nitrogens with two attached hydrogens (primary N) is 1. The van der Waals surface area contributed by atoms with Gasteiger partial charge < -0.3 is 11.1 Å². The predicted molar refractivity (Wildman–Crippen MR) is 82.5 cm³/mol. The van der Waals surface area contributed by atoms with Crippen molar-refractivity contribution in [1.29, 1.82) is 0 Å². The molecule has 1 aliphatic rings. The minimum Gasteiger partial charge on any atom is -0.330 e. The molecule has 0 saturated carbocycles. The van der Waals surface area contributed by atoms with E-state index in [0.29, 0.717) is 13.0 Å². The van der Waals surface area contributed by atoms with Crippen LogP contribution in [0.5, 0.6) is 0 Å². The van der Waals surface area contributed by atoms with Crippen LogP contribution in [0.4, 0.5) is 5.69 Å². The van der Waals surface area contributed by atoms with Gasteiger partial charge in [0, 0.05) is 18.7 Å². The number of nitrogens with one attached hydrogen (secondary N) is 1. The molecule has 0 spiro atoms. The van der Waals surface area contributed by atoms with Crippen LogP contribution in [0.1, 0.15) is 37.7 Å². The van der Waals surface area contributed by atoms with Gasteiger partial charge in [-0.1, -0.05) is 18.6 Å². The van der Waals surface area contributed by atoms with Crippen molar-refractivity contribution in [3.63, 3.8) is 0 Å². The van der Waals surface area contributed by atoms with Gasteiger partial charge >= 0.3 is 0 Å². The fraction of sp³-hybridized carbons (Fsp3) is 0.562. The number of benzene rings is 1. The summed E-state index contributed by atoms with van der Waals surface area (Å²) in [4.78, 5) is 14.2. The van der Waals surface area contributed by atoms with Crippen LogP contribution in [0.15, 0.2) is 24.3 Å². The van der Waals surface area contributed by atoms with Gasteiger partial charge in [-0.05, 0) is 56.6 Å². The van der Waals surface area contributed by atoms with Crippen molar-refractivity contribution in [2.75, 3.05) is 25.0 Å². The van der Waals surface area contributed by atoms with Gasteiger partial charge in [0.2, 0.25) is 5.91 Å². The first kappa shape index (κ1) is 15.0. The molecule has 2 rings (SSSR count). The number of carbonyl (C=O) groups excluding carboxylic acids is 1. The molecule has 1 saturated heterocycles. The van der Waals surface area contributed by atoms with E-state index in [2.05, 4.69) is 22.3 Å². The summed E-state index contributed by atoms with van der Waals surface area (Å²) >= 11 is 0. The van der Waals surface area contributed by atoms with Crippen molar-refractivity contribution >= 4 is 11.6 Å². The number of anilines is 1. The maximum absolute atomic E-state index is 11.7. The number of rotatable bonds is 6. The van der Waals surface area contributed by atoms with E-state index < -0.39 is 0 Å². The van der Waals surface area contributed by atoms with Crippen molar-refractivity contribution in [2.24, 2.45) is 5.73 Å². The Bertz CT molecular complexity index is 427. The van der Waals surface area contributed by atoms with Crippen LogP contribution < -0.4 is 11.1 Å². The molecular weight excluding hydrogens is 250 g/mol. The first-order chi connectivity index (χ1) is 9.78. The highest BCUT2D eigenvalue weighted by Crippen LogP contribution is 2.16. The highest BCUT2D eigenvalue weighted by Gasteiger charge is 2.10. The summed E-state index contributed by atoms with van der Waals surface area (Å²) in [6.45, 7) is 3.91. The van der Waals surface area contributed by atoms with E-state index >= 15 is 0 Å². The molecule has 1 aromatic rings. The van der Waals surface area contributed by atoms with Gasteiger partial charge in [0.05, 0.1) is 0 Å². The third-order valence-corrected chi connectivity index (χ3v) is 3.67. The molecule has 1 aliphatic heterocycles. The number of carbonyl (C=O) groups is 1. The fourth-order valence-corrected chi connectivity index (χ4v) is 2.61. The Morgan fingerprint density at radius 1 is 1.25 bits per heavy atom. The van der Waals surface area contributed by atoms with Crippen LogP contribution in [-0.2, 0) is 11.3 Å². The highest BCUT2D eigenvalue weighted by atomic mass is 16.1. The van der Waals surface area contributed by atoms with E-state index in [0.717, 1.165) is 18.7 Å². The summed E-state index contributed by atoms with van der Waals surface area (Å²) in [7, 11) is 0. The SMILES string of the molecule is NCCCC(=O)Nc1cccc(CN2CCCCC2)c1. The van der Waals surface area contributed by atoms with Gasteiger partial charge in [-0.2, -0.15) is 0 Å². The Labute approximate surface area is 121 Å². The topological polar surface area (TPSA) is 58.4 Å². The summed E-state index contributed by atoms with van der Waals surface area (Å²) in [5.74, 6) is 0.0468. The molecule has 3 N–H and O–H groups in total. The standard InChI is InChI=1S/C16H25N3O/c17-9-5-8-16(20)18-15-7-4-6-14(12-15)13-19-10-2-1-3-11-19/h4,6-7,12H,1-3,5,8-11,13,17H2,(H,18,20). The number of piperidine rings is 1. The van der Waals surface area contributed by atoms with Crippen LogP contribution in [0.2, 0.25) is 0 Å². The van der Waals surface area contributed by atoms with E-state index in [1.165, 1.54) is 37.9 Å². The first-order valence-corrected chi connectivity index (χ1v) is 7.59. The van der Waals surface area contributed by atoms with Gasteiger partial charge in [0.15, 0.2) is 0 Å². The Morgan fingerprint density at radius 2 is 2.05 bits per heavy atom. The molecule has 1 heterocycles. The van der Waals surface area contributed by atoms with Gasteiger partial charge in [-0.15, -0.1) is 0 Å². The second-order valence-corrected chi connectivity index (χ2v) is 5.48. The summed E-state index contributed by atoms with van der Waals surface area (Å²) in [5.41, 5.74) is 7.57. The average Bonchev–Trinajstić information content (AvgIpc) is 2.46. The van der Waals surface area contributed by atoms with E-state index in [4.69, 9.17) is 5.73 Å². The predicted octanol–water partition coefficient (Wildman–Crippen LogP) is 2.35. The second kappa shape index (κ2) is 8.02. The molecule has 0 aliphatic carbocycles. The van der Waals surface area contributed by atoms with E-state index in [1.807, 2.05) is 12.1 Å². The Balaban J connectivity index is 1.88. The molecule has 4 nitrogen and oxygen atoms in total. The Morgan fingerprint density at radius 3 is 2.80 bits per heavy atom. The number of amides is 1. The molecule has 0 aromatic heterocycles. The largest absolute Gasteiger partial charge is 0.330 e.